The van der Waals surface area contributed by atoms with Crippen molar-refractivity contribution in [1.82, 2.24) is 9.55 Å². The number of hydrogen-bond acceptors (Lipinski definition) is 1. The van der Waals surface area contributed by atoms with E-state index in [-0.39, 0.29) is 0 Å². The van der Waals surface area contributed by atoms with E-state index in [2.05, 4.69) is 29.8 Å². The summed E-state index contributed by atoms with van der Waals surface area (Å²) in [7, 11) is 2.15. The van der Waals surface area contributed by atoms with Crippen LogP contribution in [0.4, 0.5) is 0 Å². The van der Waals surface area contributed by atoms with Gasteiger partial charge in [0.25, 0.3) is 0 Å². The average molecular weight is 214 g/mol. The largest absolute Gasteiger partial charge is 0.328 e. The summed E-state index contributed by atoms with van der Waals surface area (Å²) in [6.07, 6.45) is 14.2. The highest BCUT2D eigenvalue weighted by Crippen LogP contribution is 2.29. The molecule has 84 valence electrons. The Balaban J connectivity index is 2.05. The maximum absolute atomic E-state index is 4.82. The molecule has 1 heterocycles. The number of rotatable bonds is 1. The minimum Gasteiger partial charge on any atom is -0.328 e. The zero-order valence-electron chi connectivity index (χ0n) is 9.87. The van der Waals surface area contributed by atoms with E-state index >= 15 is 0 Å². The lowest BCUT2D eigenvalue weighted by Gasteiger charge is -2.12. The molecule has 16 heavy (non-hydrogen) atoms. The summed E-state index contributed by atoms with van der Waals surface area (Å²) < 4.78 is 2.27. The van der Waals surface area contributed by atoms with Gasteiger partial charge in [0.15, 0.2) is 0 Å². The van der Waals surface area contributed by atoms with E-state index in [9.17, 15) is 0 Å². The first-order valence-corrected chi connectivity index (χ1v) is 6.28. The molecule has 0 saturated carbocycles. The zero-order valence-corrected chi connectivity index (χ0v) is 9.87. The summed E-state index contributed by atoms with van der Waals surface area (Å²) in [6, 6.07) is 0. The average Bonchev–Trinajstić information content (AvgIpc) is 2.69. The van der Waals surface area contributed by atoms with Crippen LogP contribution < -0.4 is 0 Å². The van der Waals surface area contributed by atoms with Crippen LogP contribution in [-0.2, 0) is 13.5 Å². The molecule has 0 fully saturated rings. The van der Waals surface area contributed by atoms with Gasteiger partial charge in [-0.2, -0.15) is 0 Å². The number of allylic oxidation sites excluding steroid dienone is 3. The number of imidazole rings is 1. The lowest BCUT2D eigenvalue weighted by Crippen LogP contribution is -2.02. The topological polar surface area (TPSA) is 17.8 Å². The molecule has 0 unspecified atom stereocenters. The SMILES string of the molecule is Cn1c(C2=CCCCC2)nc2c1C=CCC2. The van der Waals surface area contributed by atoms with Crippen LogP contribution >= 0.6 is 0 Å². The monoisotopic (exact) mass is 214 g/mol. The van der Waals surface area contributed by atoms with Crippen molar-refractivity contribution >= 4 is 11.6 Å². The van der Waals surface area contributed by atoms with Crippen LogP contribution in [0.15, 0.2) is 12.2 Å². The maximum atomic E-state index is 4.82. The van der Waals surface area contributed by atoms with Gasteiger partial charge < -0.3 is 4.57 Å². The second-order valence-electron chi connectivity index (χ2n) is 4.74. The molecule has 1 aromatic heterocycles. The first-order chi connectivity index (χ1) is 7.86. The lowest BCUT2D eigenvalue weighted by molar-refractivity contribution is 0.729. The maximum Gasteiger partial charge on any atom is 0.136 e. The molecule has 0 spiro atoms. The molecular formula is C14H18N2. The Morgan fingerprint density at radius 2 is 2.12 bits per heavy atom. The standard InChI is InChI=1S/C14H18N2/c1-16-13-10-6-5-9-12(13)15-14(16)11-7-3-2-4-8-11/h6-7,10H,2-5,8-9H2,1H3. The highest BCUT2D eigenvalue weighted by molar-refractivity contribution is 5.64. The molecule has 3 rings (SSSR count). The molecule has 0 bridgehead atoms. The van der Waals surface area contributed by atoms with Crippen LogP contribution in [0.3, 0.4) is 0 Å². The number of aromatic nitrogens is 2. The van der Waals surface area contributed by atoms with Crippen LogP contribution in [0.25, 0.3) is 11.6 Å². The Morgan fingerprint density at radius 1 is 1.19 bits per heavy atom. The molecule has 2 aliphatic rings. The van der Waals surface area contributed by atoms with E-state index in [4.69, 9.17) is 4.98 Å². The van der Waals surface area contributed by atoms with Gasteiger partial charge in [-0.05, 0) is 50.2 Å². The Morgan fingerprint density at radius 3 is 2.88 bits per heavy atom. The fourth-order valence-corrected chi connectivity index (χ4v) is 2.70. The van der Waals surface area contributed by atoms with Gasteiger partial charge in [-0.3, -0.25) is 0 Å². The summed E-state index contributed by atoms with van der Waals surface area (Å²) >= 11 is 0. The summed E-state index contributed by atoms with van der Waals surface area (Å²) in [5, 5.41) is 0. The number of nitrogens with zero attached hydrogens (tertiary/aromatic N) is 2. The van der Waals surface area contributed by atoms with E-state index in [0.717, 1.165) is 12.8 Å². The van der Waals surface area contributed by atoms with Gasteiger partial charge in [-0.25, -0.2) is 4.98 Å². The smallest absolute Gasteiger partial charge is 0.136 e. The number of aryl methyl sites for hydroxylation is 1. The molecule has 0 saturated heterocycles. The van der Waals surface area contributed by atoms with Crippen molar-refractivity contribution in [3.63, 3.8) is 0 Å². The normalized spacial score (nSPS) is 19.4. The quantitative estimate of drug-likeness (QED) is 0.701. The second kappa shape index (κ2) is 3.93. The van der Waals surface area contributed by atoms with E-state index in [1.54, 1.807) is 0 Å². The highest BCUT2D eigenvalue weighted by Gasteiger charge is 2.17. The third-order valence-electron chi connectivity index (χ3n) is 3.62. The van der Waals surface area contributed by atoms with Crippen LogP contribution in [0.2, 0.25) is 0 Å². The molecule has 0 amide bonds. The number of fused-ring (bicyclic) bond motifs is 1. The first kappa shape index (κ1) is 9.88. The van der Waals surface area contributed by atoms with E-state index in [1.807, 2.05) is 0 Å². The van der Waals surface area contributed by atoms with Crippen molar-refractivity contribution in [3.8, 4) is 0 Å². The van der Waals surface area contributed by atoms with Gasteiger partial charge in [0.1, 0.15) is 5.82 Å². The Labute approximate surface area is 96.7 Å². The minimum absolute atomic E-state index is 1.10. The molecule has 0 aromatic carbocycles. The molecule has 0 radical (unpaired) electrons. The lowest BCUT2D eigenvalue weighted by atomic mass is 9.99. The van der Waals surface area contributed by atoms with E-state index in [1.165, 1.54) is 48.5 Å². The summed E-state index contributed by atoms with van der Waals surface area (Å²) in [5.41, 5.74) is 4.05. The van der Waals surface area contributed by atoms with Crippen molar-refractivity contribution in [3.05, 3.63) is 29.4 Å². The van der Waals surface area contributed by atoms with Gasteiger partial charge in [0, 0.05) is 7.05 Å². The minimum atomic E-state index is 1.10. The highest BCUT2D eigenvalue weighted by atomic mass is 15.1. The molecule has 2 heteroatoms. The van der Waals surface area contributed by atoms with Crippen molar-refractivity contribution in [2.24, 2.45) is 7.05 Å². The van der Waals surface area contributed by atoms with Gasteiger partial charge in [-0.1, -0.05) is 12.2 Å². The van der Waals surface area contributed by atoms with Gasteiger partial charge in [0.05, 0.1) is 11.4 Å². The molecule has 0 aliphatic heterocycles. The van der Waals surface area contributed by atoms with E-state index in [0.29, 0.717) is 0 Å². The van der Waals surface area contributed by atoms with Crippen molar-refractivity contribution in [2.75, 3.05) is 0 Å². The molecule has 1 aromatic rings. The van der Waals surface area contributed by atoms with Crippen molar-refractivity contribution in [1.29, 1.82) is 0 Å². The van der Waals surface area contributed by atoms with E-state index < -0.39 is 0 Å². The van der Waals surface area contributed by atoms with Crippen LogP contribution in [0.1, 0.15) is 49.3 Å². The van der Waals surface area contributed by atoms with Gasteiger partial charge in [-0.15, -0.1) is 0 Å². The van der Waals surface area contributed by atoms with Crippen molar-refractivity contribution < 1.29 is 0 Å². The molecule has 2 nitrogen and oxygen atoms in total. The third kappa shape index (κ3) is 1.53. The van der Waals surface area contributed by atoms with Gasteiger partial charge in [0.2, 0.25) is 0 Å². The molecule has 2 aliphatic carbocycles. The fourth-order valence-electron chi connectivity index (χ4n) is 2.70. The van der Waals surface area contributed by atoms with Crippen LogP contribution in [0.5, 0.6) is 0 Å². The van der Waals surface area contributed by atoms with Crippen molar-refractivity contribution in [2.45, 2.75) is 38.5 Å². The Bertz CT molecular complexity index is 463. The fraction of sp³-hybridized carbons (Fsp3) is 0.500. The Kier molecular flexibility index (Phi) is 2.43. The van der Waals surface area contributed by atoms with Crippen LogP contribution in [0, 0.1) is 0 Å². The third-order valence-corrected chi connectivity index (χ3v) is 3.62. The zero-order chi connectivity index (χ0) is 11.0. The second-order valence-corrected chi connectivity index (χ2v) is 4.74. The molecular weight excluding hydrogens is 196 g/mol. The first-order valence-electron chi connectivity index (χ1n) is 6.28. The number of hydrogen-bond donors (Lipinski definition) is 0. The Hall–Kier alpha value is -1.31. The van der Waals surface area contributed by atoms with Gasteiger partial charge >= 0.3 is 0 Å². The predicted molar refractivity (Wildman–Crippen MR) is 67.0 cm³/mol. The molecule has 0 N–H and O–H groups in total. The van der Waals surface area contributed by atoms with Crippen LogP contribution in [-0.4, -0.2) is 9.55 Å². The predicted octanol–water partition coefficient (Wildman–Crippen LogP) is 3.34. The summed E-state index contributed by atoms with van der Waals surface area (Å²) in [6.45, 7) is 0. The molecule has 0 atom stereocenters. The summed E-state index contributed by atoms with van der Waals surface area (Å²) in [5.74, 6) is 1.20. The summed E-state index contributed by atoms with van der Waals surface area (Å²) in [4.78, 5) is 4.82.